The number of hydrogen-bond acceptors (Lipinski definition) is 12. The highest BCUT2D eigenvalue weighted by atomic mass is 16.5. The summed E-state index contributed by atoms with van der Waals surface area (Å²) in [6.07, 6.45) is 1.90. The Morgan fingerprint density at radius 1 is 0.464 bits per heavy atom. The first kappa shape index (κ1) is 51.7. The van der Waals surface area contributed by atoms with Crippen LogP contribution in [-0.2, 0) is 9.47 Å². The number of hydrogen-bond donors (Lipinski definition) is 2. The lowest BCUT2D eigenvalue weighted by molar-refractivity contribution is -0.0552. The van der Waals surface area contributed by atoms with Gasteiger partial charge in [-0.3, -0.25) is 0 Å². The van der Waals surface area contributed by atoms with Crippen molar-refractivity contribution in [2.75, 3.05) is 85.6 Å². The highest BCUT2D eigenvalue weighted by Crippen LogP contribution is 2.32. The third kappa shape index (κ3) is 15.7. The van der Waals surface area contributed by atoms with Crippen LogP contribution in [-0.4, -0.2) is 101 Å². The second-order valence-corrected chi connectivity index (χ2v) is 17.4. The molecule has 0 aromatic heterocycles. The molecule has 0 saturated heterocycles. The van der Waals surface area contributed by atoms with Crippen LogP contribution in [0.25, 0.3) is 0 Å². The number of ether oxygens (including phenoxy) is 4. The molecule has 0 amide bonds. The molecular weight excluding hydrogens is 865 g/mol. The van der Waals surface area contributed by atoms with E-state index in [4.69, 9.17) is 29.2 Å². The first-order valence-electron chi connectivity index (χ1n) is 24.0. The fourth-order valence-corrected chi connectivity index (χ4v) is 7.65. The zero-order valence-corrected chi connectivity index (χ0v) is 41.1. The van der Waals surface area contributed by atoms with Gasteiger partial charge in [-0.2, -0.15) is 10.2 Å². The highest BCUT2D eigenvalue weighted by molar-refractivity contribution is 5.85. The van der Waals surface area contributed by atoms with Crippen molar-refractivity contribution in [3.63, 3.8) is 0 Å². The molecule has 0 aliphatic heterocycles. The van der Waals surface area contributed by atoms with Crippen LogP contribution in [0.1, 0.15) is 52.7 Å². The average Bonchev–Trinajstić information content (AvgIpc) is 3.38. The molecule has 12 nitrogen and oxygen atoms in total. The van der Waals surface area contributed by atoms with Crippen molar-refractivity contribution in [2.45, 2.75) is 53.8 Å². The molecule has 12 heteroatoms. The Morgan fingerprint density at radius 3 is 1.09 bits per heavy atom. The number of anilines is 6. The standard InChI is InChI=1S/C57H70N6O6/c1-7-60(8-2)53-33-31-45(37-58-62(47-23-15-11-16-24-47)48-25-17-12-18-26-48)35-55(53)68-41-51(64)39-66-43-57(5,6)44-67-40-52(65)42-69-56-36-46(32-34-54(56)61(9-3)10-4)38-59-63(49-27-19-13-20-28-49)50-29-21-14-22-30-50/h11-38,51-52,64-65H,7-10,39-44H2,1-6H3. The van der Waals surface area contributed by atoms with E-state index in [1.807, 2.05) is 194 Å². The summed E-state index contributed by atoms with van der Waals surface area (Å²) in [6, 6.07) is 52.2. The zero-order valence-electron chi connectivity index (χ0n) is 41.1. The molecule has 364 valence electrons. The van der Waals surface area contributed by atoms with Crippen LogP contribution in [0.3, 0.4) is 0 Å². The summed E-state index contributed by atoms with van der Waals surface area (Å²) in [7, 11) is 0. The molecule has 6 rings (SSSR count). The Bertz CT molecular complexity index is 2200. The number of para-hydroxylation sites is 4. The van der Waals surface area contributed by atoms with Crippen LogP contribution in [0.4, 0.5) is 34.1 Å². The number of benzene rings is 6. The van der Waals surface area contributed by atoms with Gasteiger partial charge in [0.05, 0.1) is 73.0 Å². The topological polar surface area (TPSA) is 115 Å². The summed E-state index contributed by atoms with van der Waals surface area (Å²) >= 11 is 0. The third-order valence-corrected chi connectivity index (χ3v) is 11.3. The molecule has 0 aliphatic rings. The van der Waals surface area contributed by atoms with E-state index in [0.29, 0.717) is 24.7 Å². The smallest absolute Gasteiger partial charge is 0.143 e. The minimum atomic E-state index is -0.869. The lowest BCUT2D eigenvalue weighted by atomic mass is 9.96. The van der Waals surface area contributed by atoms with E-state index >= 15 is 0 Å². The first-order valence-corrected chi connectivity index (χ1v) is 24.0. The minimum absolute atomic E-state index is 0.0453. The Kier molecular flexibility index (Phi) is 20.0. The Labute approximate surface area is 409 Å². The van der Waals surface area contributed by atoms with Crippen LogP contribution in [0.2, 0.25) is 0 Å². The Morgan fingerprint density at radius 2 is 0.783 bits per heavy atom. The number of aliphatic hydroxyl groups excluding tert-OH is 2. The average molecular weight is 935 g/mol. The second kappa shape index (κ2) is 26.7. The van der Waals surface area contributed by atoms with Gasteiger partial charge in [0.25, 0.3) is 0 Å². The van der Waals surface area contributed by atoms with Gasteiger partial charge in [-0.1, -0.05) is 98.8 Å². The van der Waals surface area contributed by atoms with Crippen LogP contribution in [0.5, 0.6) is 11.5 Å². The van der Waals surface area contributed by atoms with E-state index in [9.17, 15) is 10.2 Å². The molecule has 0 saturated carbocycles. The summed E-state index contributed by atoms with van der Waals surface area (Å²) in [5.74, 6) is 1.31. The monoisotopic (exact) mass is 935 g/mol. The fraction of sp³-hybridized carbons (Fsp3) is 0.333. The molecular formula is C57H70N6O6. The fourth-order valence-electron chi connectivity index (χ4n) is 7.65. The summed E-state index contributed by atoms with van der Waals surface area (Å²) in [5, 5.41) is 35.6. The number of hydrazone groups is 2. The molecule has 2 atom stereocenters. The molecule has 0 bridgehead atoms. The van der Waals surface area contributed by atoms with E-state index in [1.165, 1.54) is 0 Å². The Hall–Kier alpha value is -6.70. The van der Waals surface area contributed by atoms with Gasteiger partial charge < -0.3 is 39.0 Å². The molecule has 0 aliphatic carbocycles. The van der Waals surface area contributed by atoms with E-state index in [1.54, 1.807) is 0 Å². The van der Waals surface area contributed by atoms with Crippen molar-refractivity contribution in [1.82, 2.24) is 0 Å². The summed E-state index contributed by atoms with van der Waals surface area (Å²) in [6.45, 7) is 16.6. The number of rotatable bonds is 28. The van der Waals surface area contributed by atoms with Crippen LogP contribution < -0.4 is 29.3 Å². The van der Waals surface area contributed by atoms with Gasteiger partial charge in [-0.05, 0) is 112 Å². The van der Waals surface area contributed by atoms with Gasteiger partial charge >= 0.3 is 0 Å². The molecule has 0 spiro atoms. The first-order chi connectivity index (χ1) is 33.6. The normalized spacial score (nSPS) is 12.5. The largest absolute Gasteiger partial charge is 0.489 e. The Balaban J connectivity index is 0.996. The quantitative estimate of drug-likeness (QED) is 0.0364. The van der Waals surface area contributed by atoms with Gasteiger partial charge in [-0.25, -0.2) is 10.0 Å². The summed E-state index contributed by atoms with van der Waals surface area (Å²) in [4.78, 5) is 4.44. The van der Waals surface area contributed by atoms with Gasteiger partial charge in [0.2, 0.25) is 0 Å². The molecule has 0 heterocycles. The predicted octanol–water partition coefficient (Wildman–Crippen LogP) is 11.0. The zero-order chi connectivity index (χ0) is 48.9. The predicted molar refractivity (Wildman–Crippen MR) is 284 cm³/mol. The van der Waals surface area contributed by atoms with E-state index in [0.717, 1.165) is 71.4 Å². The second-order valence-electron chi connectivity index (χ2n) is 17.4. The highest BCUT2D eigenvalue weighted by Gasteiger charge is 2.22. The van der Waals surface area contributed by atoms with Crippen molar-refractivity contribution < 1.29 is 29.2 Å². The van der Waals surface area contributed by atoms with Crippen molar-refractivity contribution >= 4 is 46.6 Å². The molecule has 6 aromatic carbocycles. The maximum absolute atomic E-state index is 11.0. The van der Waals surface area contributed by atoms with Crippen molar-refractivity contribution in [3.8, 4) is 11.5 Å². The van der Waals surface area contributed by atoms with Crippen molar-refractivity contribution in [1.29, 1.82) is 0 Å². The molecule has 69 heavy (non-hydrogen) atoms. The van der Waals surface area contributed by atoms with E-state index < -0.39 is 17.6 Å². The lowest BCUT2D eigenvalue weighted by Gasteiger charge is -2.27. The number of nitrogens with zero attached hydrogens (tertiary/aromatic N) is 6. The van der Waals surface area contributed by atoms with Crippen molar-refractivity contribution in [2.24, 2.45) is 15.6 Å². The molecule has 6 aromatic rings. The maximum atomic E-state index is 11.0. The number of aliphatic hydroxyl groups is 2. The van der Waals surface area contributed by atoms with Gasteiger partial charge in [0, 0.05) is 31.6 Å². The van der Waals surface area contributed by atoms with Crippen LogP contribution in [0, 0.1) is 5.41 Å². The molecule has 2 unspecified atom stereocenters. The van der Waals surface area contributed by atoms with Gasteiger partial charge in [0.15, 0.2) is 0 Å². The van der Waals surface area contributed by atoms with Crippen molar-refractivity contribution in [3.05, 3.63) is 169 Å². The van der Waals surface area contributed by atoms with E-state index in [2.05, 4.69) is 37.5 Å². The third-order valence-electron chi connectivity index (χ3n) is 11.3. The van der Waals surface area contributed by atoms with Gasteiger partial charge in [0.1, 0.15) is 36.9 Å². The summed E-state index contributed by atoms with van der Waals surface area (Å²) < 4.78 is 24.6. The molecule has 2 N–H and O–H groups in total. The minimum Gasteiger partial charge on any atom is -0.489 e. The van der Waals surface area contributed by atoms with Crippen LogP contribution >= 0.6 is 0 Å². The lowest BCUT2D eigenvalue weighted by Crippen LogP contribution is -2.32. The van der Waals surface area contributed by atoms with E-state index in [-0.39, 0.29) is 26.4 Å². The SMILES string of the molecule is CCN(CC)c1ccc(C=NN(c2ccccc2)c2ccccc2)cc1OCC(O)COCC(C)(C)COCC(O)COc1cc(C=NN(c2ccccc2)c2ccccc2)ccc1N(CC)CC. The maximum Gasteiger partial charge on any atom is 0.143 e. The molecule has 0 fully saturated rings. The summed E-state index contributed by atoms with van der Waals surface area (Å²) in [5.41, 5.74) is 6.97. The van der Waals surface area contributed by atoms with Crippen LogP contribution in [0.15, 0.2) is 168 Å². The van der Waals surface area contributed by atoms with Gasteiger partial charge in [-0.15, -0.1) is 0 Å². The molecule has 0 radical (unpaired) electrons.